The first-order valence-electron chi connectivity index (χ1n) is 11.8. The highest BCUT2D eigenvalue weighted by molar-refractivity contribution is 5.91. The van der Waals surface area contributed by atoms with Crippen LogP contribution in [0.15, 0.2) is 97.6 Å². The van der Waals surface area contributed by atoms with Gasteiger partial charge in [-0.15, -0.1) is 0 Å². The van der Waals surface area contributed by atoms with Gasteiger partial charge in [0, 0.05) is 25.0 Å². The van der Waals surface area contributed by atoms with Crippen LogP contribution in [0.3, 0.4) is 0 Å². The van der Waals surface area contributed by atoms with Crippen molar-refractivity contribution in [3.05, 3.63) is 103 Å². The van der Waals surface area contributed by atoms with Crippen LogP contribution in [0.25, 0.3) is 11.1 Å². The molecule has 0 spiro atoms. The number of hydrogen-bond donors (Lipinski definition) is 0. The number of ether oxygens (including phenoxy) is 5. The highest BCUT2D eigenvalue weighted by Gasteiger charge is 2.27. The molecule has 1 fully saturated rings. The Morgan fingerprint density at radius 2 is 1.53 bits per heavy atom. The Bertz CT molecular complexity index is 1310. The fraction of sp³-hybridized carbons (Fsp3) is 0.167. The van der Waals surface area contributed by atoms with Gasteiger partial charge >= 0.3 is 17.9 Å². The van der Waals surface area contributed by atoms with E-state index in [1.165, 1.54) is 0 Å². The Balaban J connectivity index is 1.28. The van der Waals surface area contributed by atoms with Gasteiger partial charge in [0.25, 0.3) is 0 Å². The van der Waals surface area contributed by atoms with Crippen LogP contribution in [0.2, 0.25) is 0 Å². The average molecular weight is 515 g/mol. The molecule has 0 amide bonds. The normalized spacial score (nSPS) is 15.2. The Morgan fingerprint density at radius 3 is 2.08 bits per heavy atom. The molecule has 194 valence electrons. The summed E-state index contributed by atoms with van der Waals surface area (Å²) in [6.45, 7) is 8.82. The van der Waals surface area contributed by atoms with Crippen molar-refractivity contribution in [1.82, 2.24) is 0 Å². The Kier molecular flexibility index (Phi) is 8.23. The standard InChI is InChI=1S/C30H26O8/c1-4-28(31)36-20(3)35-25-13-5-21(6-14-25)22-7-15-26(16-8-22)37-30(33)23-9-11-24(12-10-23)34-18-27-17-19(2)29(32)38-27/h4-16,20,27H,1-2,17-18H2,3H3. The van der Waals surface area contributed by atoms with E-state index in [-0.39, 0.29) is 12.7 Å². The van der Waals surface area contributed by atoms with Crippen LogP contribution < -0.4 is 14.2 Å². The number of rotatable bonds is 10. The van der Waals surface area contributed by atoms with E-state index >= 15 is 0 Å². The summed E-state index contributed by atoms with van der Waals surface area (Å²) in [7, 11) is 0. The summed E-state index contributed by atoms with van der Waals surface area (Å²) in [5, 5.41) is 0. The minimum Gasteiger partial charge on any atom is -0.490 e. The first-order valence-corrected chi connectivity index (χ1v) is 11.8. The van der Waals surface area contributed by atoms with E-state index in [0.29, 0.717) is 34.8 Å². The van der Waals surface area contributed by atoms with Crippen molar-refractivity contribution in [2.45, 2.75) is 25.7 Å². The number of hydrogen-bond acceptors (Lipinski definition) is 8. The lowest BCUT2D eigenvalue weighted by molar-refractivity contribution is -0.155. The van der Waals surface area contributed by atoms with Crippen molar-refractivity contribution in [2.75, 3.05) is 6.61 Å². The first-order chi connectivity index (χ1) is 18.3. The second kappa shape index (κ2) is 11.9. The van der Waals surface area contributed by atoms with Crippen molar-refractivity contribution in [1.29, 1.82) is 0 Å². The van der Waals surface area contributed by atoms with Crippen LogP contribution in [-0.4, -0.2) is 36.9 Å². The molecule has 8 heteroatoms. The molecule has 38 heavy (non-hydrogen) atoms. The molecule has 1 aliphatic heterocycles. The van der Waals surface area contributed by atoms with Gasteiger partial charge in [-0.25, -0.2) is 14.4 Å². The average Bonchev–Trinajstić information content (AvgIpc) is 3.25. The topological polar surface area (TPSA) is 97.4 Å². The van der Waals surface area contributed by atoms with Gasteiger partial charge in [0.2, 0.25) is 6.29 Å². The molecular formula is C30H26O8. The predicted molar refractivity (Wildman–Crippen MR) is 139 cm³/mol. The van der Waals surface area contributed by atoms with Gasteiger partial charge in [-0.1, -0.05) is 37.4 Å². The Morgan fingerprint density at radius 1 is 0.947 bits per heavy atom. The van der Waals surface area contributed by atoms with Gasteiger partial charge in [0.1, 0.15) is 30.0 Å². The van der Waals surface area contributed by atoms with E-state index < -0.39 is 24.2 Å². The fourth-order valence-electron chi connectivity index (χ4n) is 3.64. The van der Waals surface area contributed by atoms with Crippen molar-refractivity contribution < 1.29 is 38.1 Å². The highest BCUT2D eigenvalue weighted by Crippen LogP contribution is 2.26. The quantitative estimate of drug-likeness (QED) is 0.156. The molecule has 1 heterocycles. The van der Waals surface area contributed by atoms with Crippen LogP contribution in [0.5, 0.6) is 17.2 Å². The molecule has 0 aliphatic carbocycles. The van der Waals surface area contributed by atoms with Gasteiger partial charge < -0.3 is 23.7 Å². The maximum absolute atomic E-state index is 12.6. The summed E-state index contributed by atoms with van der Waals surface area (Å²) in [6.07, 6.45) is 0.415. The van der Waals surface area contributed by atoms with E-state index in [1.807, 2.05) is 24.3 Å². The largest absolute Gasteiger partial charge is 0.490 e. The molecule has 0 saturated carbocycles. The molecular weight excluding hydrogens is 488 g/mol. The first kappa shape index (κ1) is 26.2. The minimum absolute atomic E-state index is 0.209. The zero-order valence-corrected chi connectivity index (χ0v) is 20.8. The number of carbonyl (C=O) groups is 3. The minimum atomic E-state index is -0.747. The lowest BCUT2D eigenvalue weighted by Gasteiger charge is -2.14. The van der Waals surface area contributed by atoms with E-state index in [2.05, 4.69) is 13.2 Å². The zero-order valence-electron chi connectivity index (χ0n) is 20.8. The summed E-state index contributed by atoms with van der Waals surface area (Å²) in [4.78, 5) is 35.2. The van der Waals surface area contributed by atoms with Crippen LogP contribution in [0.4, 0.5) is 0 Å². The summed E-state index contributed by atoms with van der Waals surface area (Å²) in [5.41, 5.74) is 2.65. The third-order valence-electron chi connectivity index (χ3n) is 5.57. The van der Waals surface area contributed by atoms with Crippen molar-refractivity contribution in [3.63, 3.8) is 0 Å². The van der Waals surface area contributed by atoms with Crippen molar-refractivity contribution >= 4 is 17.9 Å². The highest BCUT2D eigenvalue weighted by atomic mass is 16.7. The molecule has 1 aliphatic rings. The molecule has 8 nitrogen and oxygen atoms in total. The van der Waals surface area contributed by atoms with E-state index in [1.54, 1.807) is 55.5 Å². The second-order valence-corrected chi connectivity index (χ2v) is 8.44. The summed E-state index contributed by atoms with van der Waals surface area (Å²) >= 11 is 0. The molecule has 0 aromatic heterocycles. The Hall–Kier alpha value is -4.85. The Labute approximate surface area is 220 Å². The van der Waals surface area contributed by atoms with E-state index in [9.17, 15) is 14.4 Å². The molecule has 2 unspecified atom stereocenters. The third-order valence-corrected chi connectivity index (χ3v) is 5.57. The molecule has 0 bridgehead atoms. The van der Waals surface area contributed by atoms with Gasteiger partial charge in [-0.2, -0.15) is 0 Å². The monoisotopic (exact) mass is 514 g/mol. The van der Waals surface area contributed by atoms with Gasteiger partial charge in [0.15, 0.2) is 0 Å². The smallest absolute Gasteiger partial charge is 0.343 e. The zero-order chi connectivity index (χ0) is 27.1. The van der Waals surface area contributed by atoms with Crippen LogP contribution in [-0.2, 0) is 19.1 Å². The molecule has 2 atom stereocenters. The van der Waals surface area contributed by atoms with Crippen LogP contribution in [0.1, 0.15) is 23.7 Å². The van der Waals surface area contributed by atoms with Gasteiger partial charge in [-0.05, 0) is 59.7 Å². The molecule has 3 aromatic carbocycles. The van der Waals surface area contributed by atoms with Gasteiger partial charge in [-0.3, -0.25) is 0 Å². The van der Waals surface area contributed by atoms with Crippen molar-refractivity contribution in [3.8, 4) is 28.4 Å². The van der Waals surface area contributed by atoms with E-state index in [4.69, 9.17) is 23.7 Å². The summed E-state index contributed by atoms with van der Waals surface area (Å²) < 4.78 is 26.8. The molecule has 1 saturated heterocycles. The molecule has 4 rings (SSSR count). The third kappa shape index (κ3) is 6.88. The maximum atomic E-state index is 12.6. The number of esters is 3. The van der Waals surface area contributed by atoms with Gasteiger partial charge in [0.05, 0.1) is 5.56 Å². The van der Waals surface area contributed by atoms with Crippen molar-refractivity contribution in [2.24, 2.45) is 0 Å². The number of cyclic esters (lactones) is 1. The molecule has 0 N–H and O–H groups in total. The summed E-state index contributed by atoms with van der Waals surface area (Å²) in [6, 6.07) is 20.9. The maximum Gasteiger partial charge on any atom is 0.343 e. The van der Waals surface area contributed by atoms with Crippen LogP contribution >= 0.6 is 0 Å². The SMILES string of the molecule is C=CC(=O)OC(C)Oc1ccc(-c2ccc(OC(=O)c3ccc(OCC4CC(=C)C(=O)O4)cc3)cc2)cc1. The summed E-state index contributed by atoms with van der Waals surface area (Å²) in [5.74, 6) is 0.0415. The lowest BCUT2D eigenvalue weighted by atomic mass is 10.1. The predicted octanol–water partition coefficient (Wildman–Crippen LogP) is 5.28. The molecule has 3 aromatic rings. The molecule has 0 radical (unpaired) electrons. The lowest BCUT2D eigenvalue weighted by Crippen LogP contribution is -2.19. The number of benzene rings is 3. The second-order valence-electron chi connectivity index (χ2n) is 8.44. The van der Waals surface area contributed by atoms with Crippen LogP contribution in [0, 0.1) is 0 Å². The van der Waals surface area contributed by atoms with E-state index in [0.717, 1.165) is 17.2 Å². The fourth-order valence-corrected chi connectivity index (χ4v) is 3.64. The number of carbonyl (C=O) groups excluding carboxylic acids is 3.